The van der Waals surface area contributed by atoms with Gasteiger partial charge < -0.3 is 10.2 Å². The lowest BCUT2D eigenvalue weighted by atomic mass is 9.75. The molecule has 0 aromatic rings. The molecule has 2 heteroatoms. The Morgan fingerprint density at radius 2 is 1.23 bits per heavy atom. The molecule has 0 aliphatic heterocycles. The fraction of sp³-hybridized carbons (Fsp3) is 1.00. The van der Waals surface area contributed by atoms with Crippen molar-refractivity contribution in [1.82, 2.24) is 0 Å². The van der Waals surface area contributed by atoms with Gasteiger partial charge in [-0.2, -0.15) is 0 Å². The highest BCUT2D eigenvalue weighted by Crippen LogP contribution is 2.82. The molecule has 0 aromatic carbocycles. The summed E-state index contributed by atoms with van der Waals surface area (Å²) in [5, 5.41) is 21.4. The molecule has 0 spiro atoms. The van der Waals surface area contributed by atoms with Crippen LogP contribution in [0, 0.1) is 76.9 Å². The number of aliphatic hydroxyl groups excluding tert-OH is 2. The molecular weight excluding hydrogens is 272 g/mol. The van der Waals surface area contributed by atoms with Crippen molar-refractivity contribution in [2.24, 2.45) is 76.9 Å². The van der Waals surface area contributed by atoms with E-state index in [1.165, 1.54) is 32.1 Å². The molecule has 0 radical (unpaired) electrons. The molecule has 14 atom stereocenters. The summed E-state index contributed by atoms with van der Waals surface area (Å²) < 4.78 is 0. The lowest BCUT2D eigenvalue weighted by Gasteiger charge is -2.31. The van der Waals surface area contributed by atoms with E-state index in [1.807, 2.05) is 0 Å². The van der Waals surface area contributed by atoms with Crippen molar-refractivity contribution in [2.75, 3.05) is 6.61 Å². The second-order valence-corrected chi connectivity index (χ2v) is 10.1. The molecule has 0 amide bonds. The van der Waals surface area contributed by atoms with Crippen LogP contribution in [-0.4, -0.2) is 22.9 Å². The summed E-state index contributed by atoms with van der Waals surface area (Å²) >= 11 is 0. The molecule has 0 unspecified atom stereocenters. The van der Waals surface area contributed by atoms with Crippen molar-refractivity contribution >= 4 is 0 Å². The molecule has 2 N–H and O–H groups in total. The zero-order valence-electron chi connectivity index (χ0n) is 13.2. The topological polar surface area (TPSA) is 40.5 Å². The predicted molar refractivity (Wildman–Crippen MR) is 81.5 cm³/mol. The molecule has 7 aliphatic carbocycles. The second-order valence-electron chi connectivity index (χ2n) is 10.1. The van der Waals surface area contributed by atoms with Crippen molar-refractivity contribution in [2.45, 2.75) is 38.2 Å². The summed E-state index contributed by atoms with van der Waals surface area (Å²) in [7, 11) is 0. The van der Waals surface area contributed by atoms with E-state index >= 15 is 0 Å². The van der Waals surface area contributed by atoms with Crippen molar-refractivity contribution in [3.8, 4) is 0 Å². The fourth-order valence-electron chi connectivity index (χ4n) is 10.9. The molecule has 120 valence electrons. The first-order valence-electron chi connectivity index (χ1n) is 10.1. The van der Waals surface area contributed by atoms with Gasteiger partial charge in [-0.1, -0.05) is 6.42 Å². The Kier molecular flexibility index (Phi) is 2.02. The van der Waals surface area contributed by atoms with Crippen LogP contribution in [-0.2, 0) is 0 Å². The van der Waals surface area contributed by atoms with Crippen molar-refractivity contribution in [3.63, 3.8) is 0 Å². The van der Waals surface area contributed by atoms with E-state index in [4.69, 9.17) is 0 Å². The average molecular weight is 300 g/mol. The first-order chi connectivity index (χ1) is 10.8. The van der Waals surface area contributed by atoms with Gasteiger partial charge in [0.05, 0.1) is 6.10 Å². The Balaban J connectivity index is 1.46. The maximum Gasteiger partial charge on any atom is 0.0605 e. The van der Waals surface area contributed by atoms with Gasteiger partial charge in [-0.15, -0.1) is 0 Å². The maximum atomic E-state index is 11.1. The molecule has 7 aliphatic rings. The molecule has 0 heterocycles. The van der Waals surface area contributed by atoms with Crippen molar-refractivity contribution < 1.29 is 10.2 Å². The highest BCUT2D eigenvalue weighted by molar-refractivity contribution is 5.27. The smallest absolute Gasteiger partial charge is 0.0605 e. The van der Waals surface area contributed by atoms with Gasteiger partial charge in [-0.3, -0.25) is 0 Å². The molecular formula is C20H28O2. The lowest BCUT2D eigenvalue weighted by Crippen LogP contribution is -2.30. The Hall–Kier alpha value is -0.0800. The normalized spacial score (nSPS) is 75.0. The van der Waals surface area contributed by atoms with Crippen LogP contribution in [0.4, 0.5) is 0 Å². The number of rotatable bonds is 1. The largest absolute Gasteiger partial charge is 0.396 e. The summed E-state index contributed by atoms with van der Waals surface area (Å²) in [5.74, 6) is 10.8. The quantitative estimate of drug-likeness (QED) is 0.780. The lowest BCUT2D eigenvalue weighted by molar-refractivity contribution is 0.0456. The van der Waals surface area contributed by atoms with Crippen LogP contribution < -0.4 is 0 Å². The molecule has 0 saturated heterocycles. The highest BCUT2D eigenvalue weighted by atomic mass is 16.3. The zero-order valence-corrected chi connectivity index (χ0v) is 13.2. The van der Waals surface area contributed by atoms with Crippen LogP contribution in [0.5, 0.6) is 0 Å². The molecule has 0 aromatic heterocycles. The molecule has 7 saturated carbocycles. The Labute approximate surface area is 132 Å². The van der Waals surface area contributed by atoms with Crippen LogP contribution in [0.3, 0.4) is 0 Å². The van der Waals surface area contributed by atoms with Gasteiger partial charge in [0.2, 0.25) is 0 Å². The first-order valence-corrected chi connectivity index (χ1v) is 10.1. The van der Waals surface area contributed by atoms with E-state index in [0.29, 0.717) is 24.4 Å². The number of fused-ring (bicyclic) bond motifs is 5. The monoisotopic (exact) mass is 300 g/mol. The molecule has 22 heavy (non-hydrogen) atoms. The van der Waals surface area contributed by atoms with Gasteiger partial charge in [0.15, 0.2) is 0 Å². The number of aliphatic hydroxyl groups is 2. The van der Waals surface area contributed by atoms with Crippen LogP contribution >= 0.6 is 0 Å². The van der Waals surface area contributed by atoms with Gasteiger partial charge in [0.25, 0.3) is 0 Å². The predicted octanol–water partition coefficient (Wildman–Crippen LogP) is 2.40. The minimum atomic E-state index is 0.0455. The standard InChI is InChI=1S/C20H28O2/c21-6-11-12-7-2-1-3-8(7)15-16(12)17-14(11)9-4-5-10-13(9)18(17)19(15)20(10)22/h7-22H,1-6H2/t7-,8+,9-,10-,11-,12+,13+,14-,15+,16+,17-,18-,19+,20-/m1/s1. The summed E-state index contributed by atoms with van der Waals surface area (Å²) in [5.41, 5.74) is 0. The summed E-state index contributed by atoms with van der Waals surface area (Å²) in [4.78, 5) is 0. The molecule has 2 nitrogen and oxygen atoms in total. The van der Waals surface area contributed by atoms with E-state index in [2.05, 4.69) is 0 Å². The minimum absolute atomic E-state index is 0.0455. The third-order valence-corrected chi connectivity index (χ3v) is 10.5. The van der Waals surface area contributed by atoms with Crippen LogP contribution in [0.25, 0.3) is 0 Å². The third-order valence-electron chi connectivity index (χ3n) is 10.5. The van der Waals surface area contributed by atoms with Crippen LogP contribution in [0.15, 0.2) is 0 Å². The van der Waals surface area contributed by atoms with Crippen LogP contribution in [0.2, 0.25) is 0 Å². The first kappa shape index (κ1) is 12.3. The van der Waals surface area contributed by atoms with Gasteiger partial charge in [0, 0.05) is 6.61 Å². The van der Waals surface area contributed by atoms with E-state index in [-0.39, 0.29) is 6.10 Å². The van der Waals surface area contributed by atoms with Crippen LogP contribution in [0.1, 0.15) is 32.1 Å². The SMILES string of the molecule is OC[C@H]1[C@H]2[C@@H]3CC[C@H]4[C@@H](O)[C@H]5[C@H]6[C@H]7CCC[C@H]7[C@@H]1[C@@H]6[C@@H]2[C@H]5[C@H]43. The zero-order chi connectivity index (χ0) is 14.3. The van der Waals surface area contributed by atoms with Crippen molar-refractivity contribution in [3.05, 3.63) is 0 Å². The molecule has 7 rings (SSSR count). The maximum absolute atomic E-state index is 11.1. The molecule has 7 fully saturated rings. The van der Waals surface area contributed by atoms with E-state index < -0.39 is 0 Å². The Morgan fingerprint density at radius 1 is 0.591 bits per heavy atom. The Bertz CT molecular complexity index is 537. The number of hydrogen-bond acceptors (Lipinski definition) is 2. The van der Waals surface area contributed by atoms with E-state index in [0.717, 1.165) is 59.2 Å². The van der Waals surface area contributed by atoms with Gasteiger partial charge in [-0.25, -0.2) is 0 Å². The van der Waals surface area contributed by atoms with Gasteiger partial charge in [-0.05, 0) is 103 Å². The summed E-state index contributed by atoms with van der Waals surface area (Å²) in [6.45, 7) is 0.464. The average Bonchev–Trinajstić information content (AvgIpc) is 3.26. The van der Waals surface area contributed by atoms with Gasteiger partial charge >= 0.3 is 0 Å². The van der Waals surface area contributed by atoms with Crippen molar-refractivity contribution in [1.29, 1.82) is 0 Å². The highest BCUT2D eigenvalue weighted by Gasteiger charge is 2.80. The summed E-state index contributed by atoms with van der Waals surface area (Å²) in [6, 6.07) is 0. The second kappa shape index (κ2) is 3.61. The van der Waals surface area contributed by atoms with E-state index in [1.54, 1.807) is 0 Å². The molecule has 0 bridgehead atoms. The minimum Gasteiger partial charge on any atom is -0.396 e. The Morgan fingerprint density at radius 3 is 2.05 bits per heavy atom. The third kappa shape index (κ3) is 0.989. The fourth-order valence-corrected chi connectivity index (χ4v) is 10.9. The van der Waals surface area contributed by atoms with Gasteiger partial charge in [0.1, 0.15) is 0 Å². The van der Waals surface area contributed by atoms with E-state index in [9.17, 15) is 10.2 Å². The number of hydrogen-bond donors (Lipinski definition) is 2. The summed E-state index contributed by atoms with van der Waals surface area (Å²) in [6.07, 6.45) is 7.00.